The van der Waals surface area contributed by atoms with E-state index in [2.05, 4.69) is 17.1 Å². The maximum atomic E-state index is 11.3. The summed E-state index contributed by atoms with van der Waals surface area (Å²) in [7, 11) is 0. The van der Waals surface area contributed by atoms with E-state index < -0.39 is 0 Å². The number of nitrogens with one attached hydrogen (secondary N) is 1. The van der Waals surface area contributed by atoms with Crippen LogP contribution >= 0.6 is 0 Å². The Morgan fingerprint density at radius 1 is 1.56 bits per heavy atom. The first-order valence-corrected chi connectivity index (χ1v) is 6.79. The maximum absolute atomic E-state index is 11.3. The van der Waals surface area contributed by atoms with Gasteiger partial charge in [-0.1, -0.05) is 6.92 Å². The van der Waals surface area contributed by atoms with Crippen molar-refractivity contribution in [2.45, 2.75) is 58.5 Å². The van der Waals surface area contributed by atoms with Gasteiger partial charge in [-0.3, -0.25) is 9.89 Å². The smallest absolute Gasteiger partial charge is 0.158 e. The molecule has 100 valence electrons. The number of hydrogen-bond donors (Lipinski definition) is 1. The number of aromatic nitrogens is 2. The highest BCUT2D eigenvalue weighted by molar-refractivity contribution is 5.80. The van der Waals surface area contributed by atoms with E-state index in [1.807, 2.05) is 6.92 Å². The second-order valence-corrected chi connectivity index (χ2v) is 5.12. The van der Waals surface area contributed by atoms with E-state index in [0.29, 0.717) is 12.5 Å². The third-order valence-corrected chi connectivity index (χ3v) is 3.57. The third kappa shape index (κ3) is 2.99. The first kappa shape index (κ1) is 13.3. The Hall–Kier alpha value is -1.16. The number of aryl methyl sites for hydroxylation is 1. The molecule has 1 saturated carbocycles. The standard InChI is InChI=1S/C14H22N2O2/c1-4-13(10(3)17)18-8-7-12-9(2)15-16-14(12)11-5-6-11/h11,13H,4-8H2,1-3H3,(H,15,16). The molecular formula is C14H22N2O2. The number of aromatic amines is 1. The molecule has 0 saturated heterocycles. The fraction of sp³-hybridized carbons (Fsp3) is 0.714. The highest BCUT2D eigenvalue weighted by Crippen LogP contribution is 2.41. The molecule has 0 bridgehead atoms. The van der Waals surface area contributed by atoms with E-state index in [4.69, 9.17) is 4.74 Å². The zero-order valence-corrected chi connectivity index (χ0v) is 11.5. The van der Waals surface area contributed by atoms with Crippen LogP contribution in [0.3, 0.4) is 0 Å². The molecule has 4 nitrogen and oxygen atoms in total. The minimum atomic E-state index is -0.249. The average molecular weight is 250 g/mol. The number of hydrogen-bond acceptors (Lipinski definition) is 3. The van der Waals surface area contributed by atoms with Crippen LogP contribution in [0.25, 0.3) is 0 Å². The van der Waals surface area contributed by atoms with Gasteiger partial charge in [-0.25, -0.2) is 0 Å². The lowest BCUT2D eigenvalue weighted by molar-refractivity contribution is -0.128. The number of carbonyl (C=O) groups excluding carboxylic acids is 1. The van der Waals surface area contributed by atoms with Gasteiger partial charge in [0.25, 0.3) is 0 Å². The van der Waals surface area contributed by atoms with Crippen molar-refractivity contribution in [3.05, 3.63) is 17.0 Å². The Balaban J connectivity index is 1.90. The van der Waals surface area contributed by atoms with Crippen LogP contribution in [0.1, 0.15) is 56.0 Å². The summed E-state index contributed by atoms with van der Waals surface area (Å²) in [5.41, 5.74) is 3.64. The van der Waals surface area contributed by atoms with E-state index in [1.54, 1.807) is 6.92 Å². The third-order valence-electron chi connectivity index (χ3n) is 3.57. The molecule has 18 heavy (non-hydrogen) atoms. The lowest BCUT2D eigenvalue weighted by atomic mass is 10.1. The van der Waals surface area contributed by atoms with Gasteiger partial charge in [0, 0.05) is 11.6 Å². The molecular weight excluding hydrogens is 228 g/mol. The molecule has 4 heteroatoms. The summed E-state index contributed by atoms with van der Waals surface area (Å²) in [4.78, 5) is 11.3. The topological polar surface area (TPSA) is 55.0 Å². The van der Waals surface area contributed by atoms with Crippen LogP contribution in [-0.2, 0) is 16.0 Å². The summed E-state index contributed by atoms with van der Waals surface area (Å²) in [6.07, 6.45) is 3.85. The normalized spacial score (nSPS) is 16.8. The number of Topliss-reactive ketones (excluding diaryl/α,β-unsaturated/α-hetero) is 1. The highest BCUT2D eigenvalue weighted by atomic mass is 16.5. The van der Waals surface area contributed by atoms with Gasteiger partial charge >= 0.3 is 0 Å². The predicted molar refractivity (Wildman–Crippen MR) is 69.7 cm³/mol. The molecule has 1 atom stereocenters. The highest BCUT2D eigenvalue weighted by Gasteiger charge is 2.29. The fourth-order valence-electron chi connectivity index (χ4n) is 2.31. The molecule has 1 aromatic heterocycles. The van der Waals surface area contributed by atoms with Gasteiger partial charge in [-0.15, -0.1) is 0 Å². The van der Waals surface area contributed by atoms with Crippen LogP contribution in [-0.4, -0.2) is 28.7 Å². The van der Waals surface area contributed by atoms with E-state index in [9.17, 15) is 4.79 Å². The van der Waals surface area contributed by atoms with Crippen molar-refractivity contribution in [3.63, 3.8) is 0 Å². The molecule has 2 rings (SSSR count). The number of H-pyrrole nitrogens is 1. The van der Waals surface area contributed by atoms with Crippen LogP contribution < -0.4 is 0 Å². The quantitative estimate of drug-likeness (QED) is 0.809. The van der Waals surface area contributed by atoms with Crippen LogP contribution in [0, 0.1) is 6.92 Å². The lowest BCUT2D eigenvalue weighted by Gasteiger charge is -2.12. The molecule has 0 aliphatic heterocycles. The van der Waals surface area contributed by atoms with Crippen LogP contribution in [0.15, 0.2) is 0 Å². The fourth-order valence-corrected chi connectivity index (χ4v) is 2.31. The van der Waals surface area contributed by atoms with Crippen molar-refractivity contribution in [2.75, 3.05) is 6.61 Å². The van der Waals surface area contributed by atoms with E-state index in [-0.39, 0.29) is 11.9 Å². The number of carbonyl (C=O) groups is 1. The van der Waals surface area contributed by atoms with E-state index in [0.717, 1.165) is 18.5 Å². The number of ketones is 1. The predicted octanol–water partition coefficient (Wildman–Crippen LogP) is 2.52. The molecule has 1 heterocycles. The Morgan fingerprint density at radius 3 is 2.83 bits per heavy atom. The van der Waals surface area contributed by atoms with Gasteiger partial charge in [-0.05, 0) is 45.1 Å². The van der Waals surface area contributed by atoms with E-state index in [1.165, 1.54) is 24.1 Å². The summed E-state index contributed by atoms with van der Waals surface area (Å²) in [5.74, 6) is 0.767. The Morgan fingerprint density at radius 2 is 2.28 bits per heavy atom. The van der Waals surface area contributed by atoms with Gasteiger partial charge in [0.1, 0.15) is 6.10 Å². The van der Waals surface area contributed by atoms with Gasteiger partial charge < -0.3 is 4.74 Å². The SMILES string of the molecule is CCC(OCCc1c(C2CC2)n[nH]c1C)C(C)=O. The molecule has 0 aromatic carbocycles. The molecule has 0 spiro atoms. The molecule has 1 N–H and O–H groups in total. The Bertz CT molecular complexity index is 421. The molecule has 1 unspecified atom stereocenters. The van der Waals surface area contributed by atoms with E-state index >= 15 is 0 Å². The zero-order valence-electron chi connectivity index (χ0n) is 11.5. The van der Waals surface area contributed by atoms with Gasteiger partial charge in [0.2, 0.25) is 0 Å². The number of nitrogens with zero attached hydrogens (tertiary/aromatic N) is 1. The summed E-state index contributed by atoms with van der Waals surface area (Å²) in [5, 5.41) is 7.44. The number of rotatable bonds is 7. The first-order valence-electron chi connectivity index (χ1n) is 6.79. The van der Waals surface area contributed by atoms with Crippen molar-refractivity contribution in [3.8, 4) is 0 Å². The monoisotopic (exact) mass is 250 g/mol. The minimum Gasteiger partial charge on any atom is -0.370 e. The van der Waals surface area contributed by atoms with Gasteiger partial charge in [0.15, 0.2) is 5.78 Å². The van der Waals surface area contributed by atoms with Crippen molar-refractivity contribution in [1.29, 1.82) is 0 Å². The second kappa shape index (κ2) is 5.65. The lowest BCUT2D eigenvalue weighted by Crippen LogP contribution is -2.22. The Kier molecular flexibility index (Phi) is 4.17. The van der Waals surface area contributed by atoms with Crippen LogP contribution in [0.2, 0.25) is 0 Å². The summed E-state index contributed by atoms with van der Waals surface area (Å²) >= 11 is 0. The van der Waals surface area contributed by atoms with Crippen LogP contribution in [0.5, 0.6) is 0 Å². The maximum Gasteiger partial charge on any atom is 0.158 e. The summed E-state index contributed by atoms with van der Waals surface area (Å²) in [6, 6.07) is 0. The summed E-state index contributed by atoms with van der Waals surface area (Å²) in [6.45, 7) is 6.21. The first-order chi connectivity index (χ1) is 8.63. The van der Waals surface area contributed by atoms with Crippen molar-refractivity contribution < 1.29 is 9.53 Å². The molecule has 0 radical (unpaired) electrons. The largest absolute Gasteiger partial charge is 0.370 e. The van der Waals surface area contributed by atoms with Crippen molar-refractivity contribution in [2.24, 2.45) is 0 Å². The molecule has 1 aromatic rings. The van der Waals surface area contributed by atoms with Crippen LogP contribution in [0.4, 0.5) is 0 Å². The molecule has 1 aliphatic carbocycles. The second-order valence-electron chi connectivity index (χ2n) is 5.12. The molecule has 1 fully saturated rings. The Labute approximate surface area is 108 Å². The minimum absolute atomic E-state index is 0.115. The van der Waals surface area contributed by atoms with Crippen molar-refractivity contribution in [1.82, 2.24) is 10.2 Å². The van der Waals surface area contributed by atoms with Gasteiger partial charge in [-0.2, -0.15) is 5.10 Å². The molecule has 1 aliphatic rings. The zero-order chi connectivity index (χ0) is 13.1. The van der Waals surface area contributed by atoms with Gasteiger partial charge in [0.05, 0.1) is 12.3 Å². The van der Waals surface area contributed by atoms with Crippen molar-refractivity contribution >= 4 is 5.78 Å². The molecule has 0 amide bonds. The number of ether oxygens (including phenoxy) is 1. The average Bonchev–Trinajstić information content (AvgIpc) is 3.10. The summed E-state index contributed by atoms with van der Waals surface area (Å²) < 4.78 is 5.64.